The fourth-order valence-corrected chi connectivity index (χ4v) is 2.97. The summed E-state index contributed by atoms with van der Waals surface area (Å²) in [6.07, 6.45) is 2.34. The van der Waals surface area contributed by atoms with Gasteiger partial charge in [-0.1, -0.05) is 13.8 Å². The van der Waals surface area contributed by atoms with Gasteiger partial charge in [-0.05, 0) is 31.1 Å². The molecular formula is C10H20O3S. The summed E-state index contributed by atoms with van der Waals surface area (Å²) in [4.78, 5) is 0. The van der Waals surface area contributed by atoms with Crippen LogP contribution in [0.5, 0.6) is 0 Å². The molecule has 0 amide bonds. The van der Waals surface area contributed by atoms with Crippen LogP contribution in [-0.4, -0.2) is 31.1 Å². The van der Waals surface area contributed by atoms with Crippen molar-refractivity contribution in [3.05, 3.63) is 0 Å². The lowest BCUT2D eigenvalue weighted by atomic mass is 9.62. The molecule has 0 aromatic rings. The van der Waals surface area contributed by atoms with Crippen molar-refractivity contribution in [1.29, 1.82) is 0 Å². The average Bonchev–Trinajstić information content (AvgIpc) is 1.95. The first-order valence-corrected chi connectivity index (χ1v) is 6.96. The van der Waals surface area contributed by atoms with Crippen LogP contribution in [0, 0.1) is 11.3 Å². The van der Waals surface area contributed by atoms with Gasteiger partial charge in [-0.2, -0.15) is 0 Å². The van der Waals surface area contributed by atoms with Gasteiger partial charge in [0, 0.05) is 6.26 Å². The highest BCUT2D eigenvalue weighted by Gasteiger charge is 2.43. The predicted molar refractivity (Wildman–Crippen MR) is 56.8 cm³/mol. The van der Waals surface area contributed by atoms with Crippen LogP contribution in [0.1, 0.15) is 33.6 Å². The Hall–Kier alpha value is -0.0900. The summed E-state index contributed by atoms with van der Waals surface area (Å²) in [6, 6.07) is 0. The molecule has 0 saturated heterocycles. The molecule has 1 aliphatic carbocycles. The molecule has 0 aromatic carbocycles. The maximum atomic E-state index is 11.2. The van der Waals surface area contributed by atoms with Crippen LogP contribution in [0.2, 0.25) is 0 Å². The van der Waals surface area contributed by atoms with Crippen LogP contribution in [0.4, 0.5) is 0 Å². The molecule has 3 nitrogen and oxygen atoms in total. The van der Waals surface area contributed by atoms with Gasteiger partial charge in [-0.25, -0.2) is 8.42 Å². The Morgan fingerprint density at radius 2 is 1.79 bits per heavy atom. The van der Waals surface area contributed by atoms with Crippen molar-refractivity contribution >= 4 is 9.84 Å². The van der Waals surface area contributed by atoms with E-state index in [0.717, 1.165) is 12.8 Å². The molecule has 84 valence electrons. The molecule has 1 rings (SSSR count). The minimum absolute atomic E-state index is 0.162. The van der Waals surface area contributed by atoms with Gasteiger partial charge in [-0.3, -0.25) is 0 Å². The van der Waals surface area contributed by atoms with Crippen molar-refractivity contribution in [1.82, 2.24) is 0 Å². The minimum Gasteiger partial charge on any atom is -0.391 e. The van der Waals surface area contributed by atoms with E-state index in [2.05, 4.69) is 13.8 Å². The monoisotopic (exact) mass is 220 g/mol. The van der Waals surface area contributed by atoms with E-state index in [1.165, 1.54) is 6.26 Å². The van der Waals surface area contributed by atoms with Gasteiger partial charge >= 0.3 is 0 Å². The van der Waals surface area contributed by atoms with E-state index < -0.39 is 21.2 Å². The molecule has 1 saturated carbocycles. The molecule has 1 N–H and O–H groups in total. The lowest BCUT2D eigenvalue weighted by Crippen LogP contribution is -2.45. The third kappa shape index (κ3) is 2.48. The molecule has 4 heteroatoms. The normalized spacial score (nSPS) is 26.6. The second-order valence-electron chi connectivity index (χ2n) is 5.36. The summed E-state index contributed by atoms with van der Waals surface area (Å²) >= 11 is 0. The van der Waals surface area contributed by atoms with E-state index >= 15 is 0 Å². The Bertz CT molecular complexity index is 297. The number of rotatable bonds is 3. The first kappa shape index (κ1) is 12.0. The number of aliphatic hydroxyl groups excluding tert-OH is 1. The van der Waals surface area contributed by atoms with E-state index in [0.29, 0.717) is 0 Å². The highest BCUT2D eigenvalue weighted by atomic mass is 32.2. The zero-order chi connectivity index (χ0) is 11.1. The summed E-state index contributed by atoms with van der Waals surface area (Å²) < 4.78 is 22.4. The average molecular weight is 220 g/mol. The number of sulfone groups is 1. The topological polar surface area (TPSA) is 54.4 Å². The molecule has 14 heavy (non-hydrogen) atoms. The Labute approximate surface area is 86.4 Å². The predicted octanol–water partition coefficient (Wildman–Crippen LogP) is 1.22. The summed E-state index contributed by atoms with van der Waals surface area (Å²) in [5.41, 5.74) is 0.281. The summed E-state index contributed by atoms with van der Waals surface area (Å²) in [5.74, 6) is 0.162. The second-order valence-corrected chi connectivity index (χ2v) is 7.76. The largest absolute Gasteiger partial charge is 0.391 e. The highest BCUT2D eigenvalue weighted by molar-refractivity contribution is 7.91. The van der Waals surface area contributed by atoms with Crippen molar-refractivity contribution in [3.63, 3.8) is 0 Å². The molecule has 0 aromatic heterocycles. The van der Waals surface area contributed by atoms with Crippen LogP contribution in [0.3, 0.4) is 0 Å². The standard InChI is InChI=1S/C10H20O3S/c1-7(14(4,12)13)9(11)8-5-10(2,3)6-8/h7-9,11H,5-6H2,1-4H3/t7-,9+/m1/s1. The zero-order valence-corrected chi connectivity index (χ0v) is 10.1. The van der Waals surface area contributed by atoms with E-state index in [-0.39, 0.29) is 11.3 Å². The van der Waals surface area contributed by atoms with E-state index in [1.807, 2.05) is 0 Å². The Kier molecular flexibility index (Phi) is 2.99. The molecular weight excluding hydrogens is 200 g/mol. The molecule has 0 bridgehead atoms. The highest BCUT2D eigenvalue weighted by Crippen LogP contribution is 2.47. The SMILES string of the molecule is C[C@H]([C@H](O)C1CC(C)(C)C1)S(C)(=O)=O. The summed E-state index contributed by atoms with van der Waals surface area (Å²) in [6.45, 7) is 5.87. The first-order chi connectivity index (χ1) is 6.13. The molecule has 0 heterocycles. The van der Waals surface area contributed by atoms with E-state index in [9.17, 15) is 13.5 Å². The maximum Gasteiger partial charge on any atom is 0.152 e. The van der Waals surface area contributed by atoms with Gasteiger partial charge in [0.1, 0.15) is 0 Å². The minimum atomic E-state index is -3.11. The summed E-state index contributed by atoms with van der Waals surface area (Å²) in [7, 11) is -3.11. The number of hydrogen-bond acceptors (Lipinski definition) is 3. The molecule has 0 spiro atoms. The van der Waals surface area contributed by atoms with Gasteiger partial charge in [0.15, 0.2) is 9.84 Å². The summed E-state index contributed by atoms with van der Waals surface area (Å²) in [5, 5.41) is 9.19. The van der Waals surface area contributed by atoms with Gasteiger partial charge in [-0.15, -0.1) is 0 Å². The molecule has 0 unspecified atom stereocenters. The Morgan fingerprint density at radius 1 is 1.36 bits per heavy atom. The number of aliphatic hydroxyl groups is 1. The van der Waals surface area contributed by atoms with Gasteiger partial charge in [0.25, 0.3) is 0 Å². The number of hydrogen-bond donors (Lipinski definition) is 1. The van der Waals surface area contributed by atoms with Gasteiger partial charge < -0.3 is 5.11 Å². The van der Waals surface area contributed by atoms with E-state index in [4.69, 9.17) is 0 Å². The third-order valence-corrected chi connectivity index (χ3v) is 4.90. The molecule has 0 radical (unpaired) electrons. The van der Waals surface area contributed by atoms with Gasteiger partial charge in [0.05, 0.1) is 11.4 Å². The molecule has 1 fully saturated rings. The smallest absolute Gasteiger partial charge is 0.152 e. The molecule has 0 aliphatic heterocycles. The molecule has 2 atom stereocenters. The van der Waals surface area contributed by atoms with Crippen molar-refractivity contribution in [2.24, 2.45) is 11.3 Å². The Balaban J connectivity index is 2.57. The maximum absolute atomic E-state index is 11.2. The lowest BCUT2D eigenvalue weighted by Gasteiger charge is -2.46. The lowest BCUT2D eigenvalue weighted by molar-refractivity contribution is -0.0128. The van der Waals surface area contributed by atoms with Crippen LogP contribution >= 0.6 is 0 Å². The van der Waals surface area contributed by atoms with E-state index in [1.54, 1.807) is 6.92 Å². The van der Waals surface area contributed by atoms with Crippen LogP contribution < -0.4 is 0 Å². The third-order valence-electron chi connectivity index (χ3n) is 3.27. The van der Waals surface area contributed by atoms with Crippen LogP contribution in [0.25, 0.3) is 0 Å². The first-order valence-electron chi connectivity index (χ1n) is 5.00. The fourth-order valence-electron chi connectivity index (χ4n) is 2.24. The van der Waals surface area contributed by atoms with Gasteiger partial charge in [0.2, 0.25) is 0 Å². The van der Waals surface area contributed by atoms with Crippen molar-refractivity contribution in [3.8, 4) is 0 Å². The van der Waals surface area contributed by atoms with Crippen LogP contribution in [-0.2, 0) is 9.84 Å². The Morgan fingerprint density at radius 3 is 2.07 bits per heavy atom. The van der Waals surface area contributed by atoms with Crippen LogP contribution in [0.15, 0.2) is 0 Å². The van der Waals surface area contributed by atoms with Crippen molar-refractivity contribution in [2.45, 2.75) is 45.0 Å². The second kappa shape index (κ2) is 3.49. The molecule has 1 aliphatic rings. The van der Waals surface area contributed by atoms with Crippen molar-refractivity contribution < 1.29 is 13.5 Å². The van der Waals surface area contributed by atoms with Crippen molar-refractivity contribution in [2.75, 3.05) is 6.26 Å². The quantitative estimate of drug-likeness (QED) is 0.778. The fraction of sp³-hybridized carbons (Fsp3) is 1.00. The zero-order valence-electron chi connectivity index (χ0n) is 9.32.